The molecular weight excluding hydrogens is 508 g/mol. The van der Waals surface area contributed by atoms with E-state index in [0.717, 1.165) is 5.56 Å². The maximum absolute atomic E-state index is 12.8. The van der Waals surface area contributed by atoms with Crippen molar-refractivity contribution in [3.05, 3.63) is 54.7 Å². The molecule has 11 nitrogen and oxygen atoms in total. The minimum Gasteiger partial charge on any atom is -0.448 e. The summed E-state index contributed by atoms with van der Waals surface area (Å²) in [4.78, 5) is 32.5. The summed E-state index contributed by atoms with van der Waals surface area (Å²) < 4.78 is 21.2. The molecule has 0 aliphatic heterocycles. The van der Waals surface area contributed by atoms with Crippen molar-refractivity contribution < 1.29 is 23.6 Å². The van der Waals surface area contributed by atoms with Crippen molar-refractivity contribution in [2.45, 2.75) is 39.1 Å². The monoisotopic (exact) mass is 542 g/mol. The molecule has 1 unspecified atom stereocenters. The van der Waals surface area contributed by atoms with Gasteiger partial charge >= 0.3 is 6.09 Å². The van der Waals surface area contributed by atoms with Gasteiger partial charge in [0.05, 0.1) is 22.9 Å². The Hall–Kier alpha value is -4.03. The van der Waals surface area contributed by atoms with Crippen LogP contribution in [0.3, 0.4) is 0 Å². The van der Waals surface area contributed by atoms with Crippen LogP contribution >= 0.6 is 0 Å². The van der Waals surface area contributed by atoms with Gasteiger partial charge in [0.1, 0.15) is 5.82 Å². The standard InChI is InChI=1S/C25H30N6O5S.CH4/c1-5-36-25(34)31-37(4,35)21-11-9-19(10-12-21)29-24-26-14-22(23(30-24)27-16(2)15-32)18-7-6-8-20(13-18)28-17(3)33;/h6-14,16,32H,5,15H2,1-4H3,(H,28,33)(H2,26,27,29,30);1H4/t16-,37?;/m1./s1. The Morgan fingerprint density at radius 2 is 1.87 bits per heavy atom. The average Bonchev–Trinajstić information content (AvgIpc) is 2.84. The van der Waals surface area contributed by atoms with Crippen molar-refractivity contribution in [3.8, 4) is 11.1 Å². The van der Waals surface area contributed by atoms with E-state index in [2.05, 4.69) is 30.3 Å². The second kappa shape index (κ2) is 13.5. The number of benzene rings is 2. The average molecular weight is 543 g/mol. The fourth-order valence-corrected chi connectivity index (χ4v) is 4.36. The summed E-state index contributed by atoms with van der Waals surface area (Å²) in [6.45, 7) is 4.94. The van der Waals surface area contributed by atoms with Crippen LogP contribution in [0, 0.1) is 0 Å². The Kier molecular flexibility index (Phi) is 10.7. The molecule has 2 aromatic carbocycles. The molecule has 3 aromatic rings. The van der Waals surface area contributed by atoms with Gasteiger partial charge in [-0.15, -0.1) is 4.36 Å². The predicted molar refractivity (Wildman–Crippen MR) is 150 cm³/mol. The SMILES string of the molecule is C.CCOC(=O)N=S(C)(=O)c1ccc(Nc2ncc(-c3cccc(NC(C)=O)c3)c(N[C@H](C)CO)n2)cc1. The van der Waals surface area contributed by atoms with E-state index in [-0.39, 0.29) is 38.5 Å². The highest BCUT2D eigenvalue weighted by Gasteiger charge is 2.14. The van der Waals surface area contributed by atoms with Crippen molar-refractivity contribution in [1.29, 1.82) is 0 Å². The van der Waals surface area contributed by atoms with E-state index in [4.69, 9.17) is 4.74 Å². The Bertz CT molecular complexity index is 1390. The molecule has 1 aromatic heterocycles. The predicted octanol–water partition coefficient (Wildman–Crippen LogP) is 4.89. The lowest BCUT2D eigenvalue weighted by molar-refractivity contribution is -0.114. The van der Waals surface area contributed by atoms with Crippen molar-refractivity contribution >= 4 is 44.9 Å². The fourth-order valence-electron chi connectivity index (χ4n) is 3.27. The van der Waals surface area contributed by atoms with E-state index in [1.807, 2.05) is 25.1 Å². The lowest BCUT2D eigenvalue weighted by atomic mass is 10.1. The van der Waals surface area contributed by atoms with Gasteiger partial charge < -0.3 is 25.8 Å². The van der Waals surface area contributed by atoms with Gasteiger partial charge in [-0.25, -0.2) is 14.0 Å². The molecule has 4 N–H and O–H groups in total. The third-order valence-electron chi connectivity index (χ3n) is 5.00. The number of carbonyl (C=O) groups is 2. The van der Waals surface area contributed by atoms with Crippen LogP contribution in [-0.4, -0.2) is 56.8 Å². The van der Waals surface area contributed by atoms with E-state index in [9.17, 15) is 18.9 Å². The molecule has 0 saturated heterocycles. The number of carbonyl (C=O) groups excluding carboxylic acids is 2. The van der Waals surface area contributed by atoms with Crippen LogP contribution in [0.1, 0.15) is 28.2 Å². The van der Waals surface area contributed by atoms with Gasteiger partial charge in [-0.1, -0.05) is 19.6 Å². The molecule has 0 aliphatic carbocycles. The number of amides is 2. The number of ether oxygens (including phenoxy) is 1. The maximum atomic E-state index is 12.8. The zero-order chi connectivity index (χ0) is 27.0. The zero-order valence-corrected chi connectivity index (χ0v) is 21.8. The van der Waals surface area contributed by atoms with Crippen LogP contribution in [0.25, 0.3) is 11.1 Å². The Morgan fingerprint density at radius 1 is 1.16 bits per heavy atom. The van der Waals surface area contributed by atoms with Crippen molar-refractivity contribution in [2.75, 3.05) is 35.4 Å². The molecule has 0 fully saturated rings. The normalized spacial score (nSPS) is 12.8. The van der Waals surface area contributed by atoms with Gasteiger partial charge in [0.2, 0.25) is 11.9 Å². The van der Waals surface area contributed by atoms with Crippen LogP contribution in [0.2, 0.25) is 0 Å². The Morgan fingerprint density at radius 3 is 2.50 bits per heavy atom. The maximum Gasteiger partial charge on any atom is 0.442 e. The minimum atomic E-state index is -2.96. The number of aromatic nitrogens is 2. The van der Waals surface area contributed by atoms with Crippen LogP contribution in [0.4, 0.5) is 27.9 Å². The zero-order valence-electron chi connectivity index (χ0n) is 21.0. The fraction of sp³-hybridized carbons (Fsp3) is 0.308. The van der Waals surface area contributed by atoms with Crippen molar-refractivity contribution in [1.82, 2.24) is 9.97 Å². The van der Waals surface area contributed by atoms with E-state index >= 15 is 0 Å². The summed E-state index contributed by atoms with van der Waals surface area (Å²) in [6.07, 6.45) is 2.14. The first-order valence-electron chi connectivity index (χ1n) is 11.5. The number of aliphatic hydroxyl groups excluding tert-OH is 1. The number of rotatable bonds is 9. The lowest BCUT2D eigenvalue weighted by Crippen LogP contribution is -2.21. The molecular formula is C26H34N6O5S. The van der Waals surface area contributed by atoms with Gasteiger partial charge in [-0.2, -0.15) is 4.98 Å². The van der Waals surface area contributed by atoms with Gasteiger partial charge in [-0.3, -0.25) is 4.79 Å². The summed E-state index contributed by atoms with van der Waals surface area (Å²) in [5.41, 5.74) is 2.71. The largest absolute Gasteiger partial charge is 0.448 e. The molecule has 204 valence electrons. The molecule has 0 spiro atoms. The topological polar surface area (TPSA) is 155 Å². The first-order valence-corrected chi connectivity index (χ1v) is 13.4. The lowest BCUT2D eigenvalue weighted by Gasteiger charge is -2.17. The van der Waals surface area contributed by atoms with E-state index in [1.54, 1.807) is 43.5 Å². The highest BCUT2D eigenvalue weighted by Crippen LogP contribution is 2.30. The minimum absolute atomic E-state index is 0. The second-order valence-electron chi connectivity index (χ2n) is 8.19. The van der Waals surface area contributed by atoms with E-state index < -0.39 is 15.8 Å². The first-order chi connectivity index (χ1) is 17.6. The number of nitrogens with zero attached hydrogens (tertiary/aromatic N) is 3. The van der Waals surface area contributed by atoms with E-state index in [1.165, 1.54) is 13.2 Å². The Balaban J connectivity index is 0.00000507. The number of anilines is 4. The smallest absolute Gasteiger partial charge is 0.442 e. The van der Waals surface area contributed by atoms with Crippen LogP contribution in [0.5, 0.6) is 0 Å². The quantitative estimate of drug-likeness (QED) is 0.296. The van der Waals surface area contributed by atoms with Crippen molar-refractivity contribution in [3.63, 3.8) is 0 Å². The second-order valence-corrected chi connectivity index (χ2v) is 10.4. The van der Waals surface area contributed by atoms with Gasteiger partial charge in [-0.05, 0) is 55.8 Å². The van der Waals surface area contributed by atoms with Gasteiger partial charge in [0, 0.05) is 47.3 Å². The van der Waals surface area contributed by atoms with Crippen LogP contribution in [-0.2, 0) is 19.3 Å². The summed E-state index contributed by atoms with van der Waals surface area (Å²) >= 11 is 0. The Labute approximate surface area is 223 Å². The van der Waals surface area contributed by atoms with Crippen molar-refractivity contribution in [2.24, 2.45) is 4.36 Å². The summed E-state index contributed by atoms with van der Waals surface area (Å²) in [6, 6.07) is 13.5. The number of nitrogens with one attached hydrogen (secondary N) is 3. The van der Waals surface area contributed by atoms with E-state index in [0.29, 0.717) is 27.7 Å². The molecule has 3 rings (SSSR count). The molecule has 2 amide bonds. The molecule has 0 saturated carbocycles. The summed E-state index contributed by atoms with van der Waals surface area (Å²) in [5.74, 6) is 0.593. The number of hydrogen-bond acceptors (Lipinski definition) is 9. The number of aliphatic hydroxyl groups is 1. The third-order valence-corrected chi connectivity index (χ3v) is 6.65. The highest BCUT2D eigenvalue weighted by atomic mass is 32.2. The van der Waals surface area contributed by atoms with Gasteiger partial charge in [0.15, 0.2) is 0 Å². The molecule has 0 aliphatic rings. The molecule has 38 heavy (non-hydrogen) atoms. The third kappa shape index (κ3) is 8.25. The number of hydrogen-bond donors (Lipinski definition) is 4. The first kappa shape index (κ1) is 30.2. The molecule has 1 heterocycles. The van der Waals surface area contributed by atoms with Gasteiger partial charge in [0.25, 0.3) is 0 Å². The van der Waals surface area contributed by atoms with Crippen LogP contribution < -0.4 is 16.0 Å². The highest BCUT2D eigenvalue weighted by molar-refractivity contribution is 7.93. The summed E-state index contributed by atoms with van der Waals surface area (Å²) in [5, 5.41) is 18.6. The molecule has 0 radical (unpaired) electrons. The summed E-state index contributed by atoms with van der Waals surface area (Å²) in [7, 11) is -2.96. The molecule has 2 atom stereocenters. The molecule has 12 heteroatoms. The molecule has 0 bridgehead atoms. The van der Waals surface area contributed by atoms with Crippen LogP contribution in [0.15, 0.2) is 64.0 Å².